The second-order valence-electron chi connectivity index (χ2n) is 8.84. The highest BCUT2D eigenvalue weighted by Gasteiger charge is 2.23. The number of nitrogens with zero attached hydrogens (tertiary/aromatic N) is 3. The van der Waals surface area contributed by atoms with Gasteiger partial charge in [0.05, 0.1) is 5.69 Å². The molecule has 4 aromatic rings. The van der Waals surface area contributed by atoms with Crippen molar-refractivity contribution in [2.45, 2.75) is 36.3 Å². The SMILES string of the molecule is CN(Cc1ccccc1)c1cc(-c2ccccc2)nc(SCc2cccc(C(=O)NC3CC3)c2)n1. The lowest BCUT2D eigenvalue weighted by Gasteiger charge is -2.20. The summed E-state index contributed by atoms with van der Waals surface area (Å²) < 4.78 is 0. The number of anilines is 1. The molecule has 0 atom stereocenters. The van der Waals surface area contributed by atoms with Crippen molar-refractivity contribution in [1.29, 1.82) is 0 Å². The fourth-order valence-corrected chi connectivity index (χ4v) is 4.61. The predicted octanol–water partition coefficient (Wildman–Crippen LogP) is 5.96. The first-order chi connectivity index (χ1) is 17.1. The van der Waals surface area contributed by atoms with Gasteiger partial charge in [-0.05, 0) is 36.1 Å². The van der Waals surface area contributed by atoms with Gasteiger partial charge in [0, 0.05) is 42.6 Å². The topological polar surface area (TPSA) is 58.1 Å². The van der Waals surface area contributed by atoms with Crippen LogP contribution in [0.3, 0.4) is 0 Å². The van der Waals surface area contributed by atoms with Crippen LogP contribution in [0.1, 0.15) is 34.3 Å². The molecule has 0 saturated heterocycles. The van der Waals surface area contributed by atoms with Crippen LogP contribution in [0.25, 0.3) is 11.3 Å². The van der Waals surface area contributed by atoms with Gasteiger partial charge in [-0.25, -0.2) is 9.97 Å². The van der Waals surface area contributed by atoms with Crippen molar-refractivity contribution in [2.24, 2.45) is 0 Å². The highest BCUT2D eigenvalue weighted by atomic mass is 32.2. The van der Waals surface area contributed by atoms with E-state index >= 15 is 0 Å². The van der Waals surface area contributed by atoms with E-state index in [-0.39, 0.29) is 5.91 Å². The summed E-state index contributed by atoms with van der Waals surface area (Å²) in [6.07, 6.45) is 2.16. The van der Waals surface area contributed by atoms with Crippen molar-refractivity contribution in [3.63, 3.8) is 0 Å². The zero-order valence-electron chi connectivity index (χ0n) is 19.7. The van der Waals surface area contributed by atoms with Crippen LogP contribution < -0.4 is 10.2 Å². The lowest BCUT2D eigenvalue weighted by molar-refractivity contribution is 0.0951. The molecule has 6 heteroatoms. The Morgan fingerprint density at radius 1 is 0.914 bits per heavy atom. The molecule has 5 rings (SSSR count). The fourth-order valence-electron chi connectivity index (χ4n) is 3.81. The van der Waals surface area contributed by atoms with Gasteiger partial charge in [-0.3, -0.25) is 4.79 Å². The number of amides is 1. The Bertz CT molecular complexity index is 1290. The molecule has 1 fully saturated rings. The number of hydrogen-bond donors (Lipinski definition) is 1. The van der Waals surface area contributed by atoms with E-state index < -0.39 is 0 Å². The smallest absolute Gasteiger partial charge is 0.251 e. The van der Waals surface area contributed by atoms with Crippen molar-refractivity contribution < 1.29 is 4.79 Å². The minimum absolute atomic E-state index is 0.00602. The quantitative estimate of drug-likeness (QED) is 0.236. The maximum absolute atomic E-state index is 12.4. The van der Waals surface area contributed by atoms with Crippen molar-refractivity contribution in [2.75, 3.05) is 11.9 Å². The molecular formula is C29H28N4OS. The first-order valence-corrected chi connectivity index (χ1v) is 12.8. The monoisotopic (exact) mass is 480 g/mol. The van der Waals surface area contributed by atoms with Crippen LogP contribution in [0, 0.1) is 0 Å². The highest BCUT2D eigenvalue weighted by Crippen LogP contribution is 2.28. The Morgan fingerprint density at radius 2 is 1.63 bits per heavy atom. The molecule has 3 aromatic carbocycles. The predicted molar refractivity (Wildman–Crippen MR) is 143 cm³/mol. The van der Waals surface area contributed by atoms with E-state index in [1.165, 1.54) is 5.56 Å². The van der Waals surface area contributed by atoms with Crippen LogP contribution in [0.15, 0.2) is 96.2 Å². The summed E-state index contributed by atoms with van der Waals surface area (Å²) in [5.41, 5.74) is 4.97. The molecule has 0 spiro atoms. The van der Waals surface area contributed by atoms with Gasteiger partial charge in [0.25, 0.3) is 5.91 Å². The Morgan fingerprint density at radius 3 is 2.37 bits per heavy atom. The molecule has 5 nitrogen and oxygen atoms in total. The summed E-state index contributed by atoms with van der Waals surface area (Å²) in [5, 5.41) is 3.78. The molecule has 1 heterocycles. The normalized spacial score (nSPS) is 12.8. The Hall–Kier alpha value is -3.64. The minimum atomic E-state index is 0.00602. The minimum Gasteiger partial charge on any atom is -0.355 e. The van der Waals surface area contributed by atoms with Crippen molar-refractivity contribution in [3.8, 4) is 11.3 Å². The summed E-state index contributed by atoms with van der Waals surface area (Å²) in [5.74, 6) is 1.57. The number of thioether (sulfide) groups is 1. The molecule has 1 aromatic heterocycles. The average molecular weight is 481 g/mol. The van der Waals surface area contributed by atoms with Crippen LogP contribution >= 0.6 is 11.8 Å². The maximum atomic E-state index is 12.4. The number of carbonyl (C=O) groups excluding carboxylic acids is 1. The number of nitrogens with one attached hydrogen (secondary N) is 1. The van der Waals surface area contributed by atoms with Crippen LogP contribution in [0.5, 0.6) is 0 Å². The zero-order chi connectivity index (χ0) is 24.0. The summed E-state index contributed by atoms with van der Waals surface area (Å²) in [6, 6.07) is 30.8. The Kier molecular flexibility index (Phi) is 7.09. The number of carbonyl (C=O) groups is 1. The molecule has 1 amide bonds. The van der Waals surface area contributed by atoms with E-state index in [1.54, 1.807) is 11.8 Å². The van der Waals surface area contributed by atoms with E-state index in [2.05, 4.69) is 53.7 Å². The van der Waals surface area contributed by atoms with E-state index in [1.807, 2.05) is 54.6 Å². The molecule has 0 radical (unpaired) electrons. The fraction of sp³-hybridized carbons (Fsp3) is 0.207. The van der Waals surface area contributed by atoms with Crippen molar-refractivity contribution in [3.05, 3.63) is 108 Å². The standard InChI is InChI=1S/C29H28N4OS/c1-33(19-21-9-4-2-5-10-21)27-18-26(23-12-6-3-7-13-23)31-29(32-27)35-20-22-11-8-14-24(17-22)28(34)30-25-15-16-25/h2-14,17-18,25H,15-16,19-20H2,1H3,(H,30,34). The first-order valence-electron chi connectivity index (χ1n) is 11.9. The summed E-state index contributed by atoms with van der Waals surface area (Å²) in [7, 11) is 2.06. The maximum Gasteiger partial charge on any atom is 0.251 e. The molecular weight excluding hydrogens is 452 g/mol. The van der Waals surface area contributed by atoms with Gasteiger partial charge in [0.15, 0.2) is 5.16 Å². The van der Waals surface area contributed by atoms with Gasteiger partial charge in [-0.1, -0.05) is 84.6 Å². The van der Waals surface area contributed by atoms with Gasteiger partial charge in [0.1, 0.15) is 5.82 Å². The van der Waals surface area contributed by atoms with Gasteiger partial charge >= 0.3 is 0 Å². The second kappa shape index (κ2) is 10.7. The van der Waals surface area contributed by atoms with Crippen molar-refractivity contribution in [1.82, 2.24) is 15.3 Å². The van der Waals surface area contributed by atoms with E-state index in [0.717, 1.165) is 42.0 Å². The molecule has 1 N–H and O–H groups in total. The number of hydrogen-bond acceptors (Lipinski definition) is 5. The summed E-state index contributed by atoms with van der Waals surface area (Å²) in [4.78, 5) is 24.3. The Balaban J connectivity index is 1.36. The number of rotatable bonds is 9. The average Bonchev–Trinajstić information content (AvgIpc) is 3.72. The molecule has 0 bridgehead atoms. The molecule has 176 valence electrons. The lowest BCUT2D eigenvalue weighted by atomic mass is 10.1. The molecule has 0 unspecified atom stereocenters. The van der Waals surface area contributed by atoms with Crippen molar-refractivity contribution >= 4 is 23.5 Å². The van der Waals surface area contributed by atoms with Crippen LogP contribution in [-0.2, 0) is 12.3 Å². The lowest BCUT2D eigenvalue weighted by Crippen LogP contribution is -2.25. The van der Waals surface area contributed by atoms with Crippen LogP contribution in [0.2, 0.25) is 0 Å². The molecule has 35 heavy (non-hydrogen) atoms. The largest absolute Gasteiger partial charge is 0.355 e. The molecule has 1 saturated carbocycles. The number of aromatic nitrogens is 2. The summed E-state index contributed by atoms with van der Waals surface area (Å²) >= 11 is 1.59. The van der Waals surface area contributed by atoms with E-state index in [9.17, 15) is 4.79 Å². The van der Waals surface area contributed by atoms with Crippen LogP contribution in [0.4, 0.5) is 5.82 Å². The number of benzene rings is 3. The van der Waals surface area contributed by atoms with E-state index in [0.29, 0.717) is 22.5 Å². The zero-order valence-corrected chi connectivity index (χ0v) is 20.5. The van der Waals surface area contributed by atoms with Gasteiger partial charge in [-0.2, -0.15) is 0 Å². The second-order valence-corrected chi connectivity index (χ2v) is 9.78. The third-order valence-corrected chi connectivity index (χ3v) is 6.80. The van der Waals surface area contributed by atoms with E-state index in [4.69, 9.17) is 9.97 Å². The third kappa shape index (κ3) is 6.28. The van der Waals surface area contributed by atoms with Gasteiger partial charge in [-0.15, -0.1) is 0 Å². The molecule has 0 aliphatic heterocycles. The highest BCUT2D eigenvalue weighted by molar-refractivity contribution is 7.98. The molecule has 1 aliphatic carbocycles. The molecule has 1 aliphatic rings. The Labute approximate surface area is 210 Å². The third-order valence-electron chi connectivity index (χ3n) is 5.89. The first kappa shape index (κ1) is 23.1. The van der Waals surface area contributed by atoms with Gasteiger partial charge < -0.3 is 10.2 Å². The summed E-state index contributed by atoms with van der Waals surface area (Å²) in [6.45, 7) is 0.758. The van der Waals surface area contributed by atoms with Crippen LogP contribution in [-0.4, -0.2) is 29.0 Å². The van der Waals surface area contributed by atoms with Gasteiger partial charge in [0.2, 0.25) is 0 Å².